The van der Waals surface area contributed by atoms with Gasteiger partial charge in [-0.3, -0.25) is 4.79 Å². The molecule has 1 aromatic carbocycles. The molecule has 0 aromatic heterocycles. The highest BCUT2D eigenvalue weighted by Gasteiger charge is 2.47. The van der Waals surface area contributed by atoms with Crippen molar-refractivity contribution < 1.29 is 24.5 Å². The summed E-state index contributed by atoms with van der Waals surface area (Å²) in [6, 6.07) is 8.19. The number of benzene rings is 1. The lowest BCUT2D eigenvalue weighted by atomic mass is 9.74. The number of fused-ring (bicyclic) bond motifs is 2. The molecule has 4 rings (SSSR count). The van der Waals surface area contributed by atoms with Crippen molar-refractivity contribution in [2.24, 2.45) is 17.8 Å². The first-order valence-electron chi connectivity index (χ1n) is 14.3. The van der Waals surface area contributed by atoms with E-state index >= 15 is 0 Å². The van der Waals surface area contributed by atoms with Crippen molar-refractivity contribution in [3.63, 3.8) is 0 Å². The van der Waals surface area contributed by atoms with Crippen LogP contribution in [-0.2, 0) is 16.0 Å². The van der Waals surface area contributed by atoms with E-state index in [0.29, 0.717) is 24.5 Å². The number of hydrogen-bond donors (Lipinski definition) is 2. The molecule has 2 aliphatic heterocycles. The van der Waals surface area contributed by atoms with Gasteiger partial charge < -0.3 is 19.7 Å². The van der Waals surface area contributed by atoms with Crippen LogP contribution in [0, 0.1) is 17.8 Å². The molecule has 0 spiro atoms. The van der Waals surface area contributed by atoms with Gasteiger partial charge in [0.1, 0.15) is 11.9 Å². The van der Waals surface area contributed by atoms with Gasteiger partial charge in [-0.1, -0.05) is 51.2 Å². The fourth-order valence-electron chi connectivity index (χ4n) is 6.98. The first-order valence-corrected chi connectivity index (χ1v) is 14.3. The lowest BCUT2D eigenvalue weighted by molar-refractivity contribution is -0.138. The number of rotatable bonds is 14. The highest BCUT2D eigenvalue weighted by molar-refractivity contribution is 5.67. The Hall–Kier alpha value is -1.59. The maximum atomic E-state index is 11.0. The van der Waals surface area contributed by atoms with Crippen molar-refractivity contribution in [2.75, 3.05) is 0 Å². The van der Waals surface area contributed by atoms with Crippen LogP contribution in [0.25, 0.3) is 0 Å². The van der Waals surface area contributed by atoms with Gasteiger partial charge >= 0.3 is 5.97 Å². The molecule has 1 aromatic rings. The highest BCUT2D eigenvalue weighted by Crippen LogP contribution is 2.47. The number of carbonyl (C=O) groups is 1. The first kappa shape index (κ1) is 26.5. The Morgan fingerprint density at radius 3 is 2.51 bits per heavy atom. The molecule has 2 N–H and O–H groups in total. The molecular formula is C30H46O5. The predicted molar refractivity (Wildman–Crippen MR) is 138 cm³/mol. The van der Waals surface area contributed by atoms with Gasteiger partial charge in [0.05, 0.1) is 24.7 Å². The summed E-state index contributed by atoms with van der Waals surface area (Å²) in [7, 11) is 0. The molecule has 1 aliphatic carbocycles. The molecule has 2 bridgehead atoms. The summed E-state index contributed by atoms with van der Waals surface area (Å²) >= 11 is 0. The molecule has 35 heavy (non-hydrogen) atoms. The highest BCUT2D eigenvalue weighted by atomic mass is 16.5. The number of aliphatic hydroxyl groups excluding tert-OH is 1. The Labute approximate surface area is 211 Å². The van der Waals surface area contributed by atoms with E-state index in [1.807, 2.05) is 19.1 Å². The van der Waals surface area contributed by atoms with Crippen molar-refractivity contribution in [3.8, 4) is 5.75 Å². The zero-order valence-electron chi connectivity index (χ0n) is 21.6. The van der Waals surface area contributed by atoms with Crippen LogP contribution in [0.1, 0.15) is 102 Å². The van der Waals surface area contributed by atoms with E-state index in [2.05, 4.69) is 12.1 Å². The van der Waals surface area contributed by atoms with E-state index in [0.717, 1.165) is 43.3 Å². The zero-order valence-corrected chi connectivity index (χ0v) is 21.6. The van der Waals surface area contributed by atoms with Gasteiger partial charge in [-0.25, -0.2) is 0 Å². The van der Waals surface area contributed by atoms with Crippen LogP contribution in [0.2, 0.25) is 0 Å². The topological polar surface area (TPSA) is 76.0 Å². The lowest BCUT2D eigenvalue weighted by Gasteiger charge is -2.29. The van der Waals surface area contributed by atoms with Crippen molar-refractivity contribution in [3.05, 3.63) is 29.8 Å². The number of carboxylic acids is 1. The monoisotopic (exact) mass is 486 g/mol. The molecule has 196 valence electrons. The lowest BCUT2D eigenvalue weighted by Crippen LogP contribution is -2.27. The van der Waals surface area contributed by atoms with Crippen LogP contribution in [0.5, 0.6) is 5.75 Å². The van der Waals surface area contributed by atoms with Crippen molar-refractivity contribution >= 4 is 5.97 Å². The van der Waals surface area contributed by atoms with Crippen LogP contribution in [-0.4, -0.2) is 40.6 Å². The van der Waals surface area contributed by atoms with Crippen LogP contribution in [0.3, 0.4) is 0 Å². The SMILES string of the molecule is CC[C@H](CC(=O)O)Oc1cccc(CCC[C@H]2C(CCCCC3CCCC(O)C3)[C@H]3CC[C@@H]2O3)c1. The largest absolute Gasteiger partial charge is 0.490 e. The first-order chi connectivity index (χ1) is 17.0. The third-order valence-electron chi connectivity index (χ3n) is 8.81. The van der Waals surface area contributed by atoms with Crippen molar-refractivity contribution in [1.29, 1.82) is 0 Å². The molecule has 0 radical (unpaired) electrons. The van der Waals surface area contributed by atoms with Gasteiger partial charge in [-0.2, -0.15) is 0 Å². The Morgan fingerprint density at radius 2 is 1.80 bits per heavy atom. The van der Waals surface area contributed by atoms with Gasteiger partial charge in [0.25, 0.3) is 0 Å². The number of carboxylic acid groups (broad SMARTS) is 1. The summed E-state index contributed by atoms with van der Waals surface area (Å²) < 4.78 is 12.3. The molecule has 2 saturated heterocycles. The minimum absolute atomic E-state index is 0.0367. The summed E-state index contributed by atoms with van der Waals surface area (Å²) in [6.45, 7) is 1.96. The van der Waals surface area contributed by atoms with Crippen molar-refractivity contribution in [1.82, 2.24) is 0 Å². The Bertz CT molecular complexity index is 795. The van der Waals surface area contributed by atoms with Crippen LogP contribution >= 0.6 is 0 Å². The molecule has 2 heterocycles. The Kier molecular flexibility index (Phi) is 9.91. The molecule has 3 fully saturated rings. The van der Waals surface area contributed by atoms with Gasteiger partial charge in [-0.05, 0) is 93.2 Å². The number of aliphatic hydroxyl groups is 1. The molecule has 0 amide bonds. The summed E-state index contributed by atoms with van der Waals surface area (Å²) in [6.07, 6.45) is 16.9. The number of hydrogen-bond acceptors (Lipinski definition) is 4. The molecule has 7 atom stereocenters. The zero-order chi connectivity index (χ0) is 24.6. The van der Waals surface area contributed by atoms with Gasteiger partial charge in [0, 0.05) is 0 Å². The summed E-state index contributed by atoms with van der Waals surface area (Å²) in [5.74, 6) is 2.12. The minimum atomic E-state index is -0.816. The quantitative estimate of drug-likeness (QED) is 0.292. The van der Waals surface area contributed by atoms with E-state index < -0.39 is 5.97 Å². The van der Waals surface area contributed by atoms with E-state index in [1.165, 1.54) is 63.4 Å². The van der Waals surface area contributed by atoms with Gasteiger partial charge in [-0.15, -0.1) is 0 Å². The third-order valence-corrected chi connectivity index (χ3v) is 8.81. The maximum absolute atomic E-state index is 11.0. The van der Waals surface area contributed by atoms with E-state index in [4.69, 9.17) is 14.6 Å². The van der Waals surface area contributed by atoms with Gasteiger partial charge in [0.2, 0.25) is 0 Å². The normalized spacial score (nSPS) is 30.9. The summed E-state index contributed by atoms with van der Waals surface area (Å²) in [5.41, 5.74) is 1.27. The molecule has 5 heteroatoms. The standard InChI is InChI=1S/C30H46O5/c1-2-24(20-30(32)33)34-25-13-6-10-22(19-25)11-7-15-27-26(28-16-17-29(27)35-28)14-4-3-8-21-9-5-12-23(31)18-21/h6,10,13,19,21,23-24,26-29,31H,2-5,7-9,11-12,14-18,20H2,1H3,(H,32,33)/t21?,23?,24-,26?,27+,28-,29+/m1/s1. The Balaban J connectivity index is 1.21. The average Bonchev–Trinajstić information content (AvgIpc) is 3.44. The smallest absolute Gasteiger partial charge is 0.307 e. The number of unbranched alkanes of at least 4 members (excludes halogenated alkanes) is 1. The second-order valence-electron chi connectivity index (χ2n) is 11.4. The maximum Gasteiger partial charge on any atom is 0.307 e. The van der Waals surface area contributed by atoms with Crippen molar-refractivity contribution in [2.45, 2.75) is 128 Å². The molecule has 3 aliphatic rings. The third kappa shape index (κ3) is 7.69. The fourth-order valence-corrected chi connectivity index (χ4v) is 6.98. The molecule has 3 unspecified atom stereocenters. The number of ether oxygens (including phenoxy) is 2. The van der Waals surface area contributed by atoms with Crippen LogP contribution in [0.4, 0.5) is 0 Å². The predicted octanol–water partition coefficient (Wildman–Crippen LogP) is 6.55. The summed E-state index contributed by atoms with van der Waals surface area (Å²) in [4.78, 5) is 11.0. The summed E-state index contributed by atoms with van der Waals surface area (Å²) in [5, 5.41) is 19.0. The Morgan fingerprint density at radius 1 is 1.06 bits per heavy atom. The number of aliphatic carboxylic acids is 1. The fraction of sp³-hybridized carbons (Fsp3) is 0.767. The van der Waals surface area contributed by atoms with Crippen LogP contribution < -0.4 is 4.74 Å². The van der Waals surface area contributed by atoms with E-state index in [1.54, 1.807) is 0 Å². The minimum Gasteiger partial charge on any atom is -0.490 e. The molecule has 5 nitrogen and oxygen atoms in total. The molecular weight excluding hydrogens is 440 g/mol. The van der Waals surface area contributed by atoms with E-state index in [-0.39, 0.29) is 18.6 Å². The second-order valence-corrected chi connectivity index (χ2v) is 11.4. The average molecular weight is 487 g/mol. The molecule has 1 saturated carbocycles. The van der Waals surface area contributed by atoms with E-state index in [9.17, 15) is 9.90 Å². The van der Waals surface area contributed by atoms with Gasteiger partial charge in [0.15, 0.2) is 0 Å². The number of aryl methyl sites for hydroxylation is 1. The second kappa shape index (κ2) is 13.1. The van der Waals surface area contributed by atoms with Crippen LogP contribution in [0.15, 0.2) is 24.3 Å².